The second-order valence-electron chi connectivity index (χ2n) is 3.80. The molecule has 0 aromatic rings. The van der Waals surface area contributed by atoms with Gasteiger partial charge in [-0.1, -0.05) is 12.8 Å². The molecule has 1 aliphatic rings. The first-order chi connectivity index (χ1) is 7.15. The summed E-state index contributed by atoms with van der Waals surface area (Å²) in [6, 6.07) is -0.153. The van der Waals surface area contributed by atoms with E-state index in [4.69, 9.17) is 5.11 Å². The number of carboxylic acid groups (broad SMARTS) is 1. The predicted octanol–water partition coefficient (Wildman–Crippen LogP) is 1.05. The maximum Gasteiger partial charge on any atom is 0.323 e. The molecule has 15 heavy (non-hydrogen) atoms. The number of hydrogen-bond acceptors (Lipinski definition) is 2. The van der Waals surface area contributed by atoms with Crippen LogP contribution in [0.15, 0.2) is 0 Å². The van der Waals surface area contributed by atoms with Gasteiger partial charge in [-0.25, -0.2) is 4.79 Å². The Bertz CT molecular complexity index is 237. The van der Waals surface area contributed by atoms with Crippen molar-refractivity contribution in [3.8, 4) is 0 Å². The molecular weight excluding hydrogens is 196 g/mol. The van der Waals surface area contributed by atoms with Crippen molar-refractivity contribution in [3.05, 3.63) is 0 Å². The SMILES string of the molecule is CCNC(=O)N(CC(=O)O)C1CCCC1. The van der Waals surface area contributed by atoms with Gasteiger partial charge in [0.2, 0.25) is 0 Å². The summed E-state index contributed by atoms with van der Waals surface area (Å²) in [7, 11) is 0. The summed E-state index contributed by atoms with van der Waals surface area (Å²) in [5.41, 5.74) is 0. The molecule has 0 aromatic carbocycles. The van der Waals surface area contributed by atoms with Gasteiger partial charge in [-0.3, -0.25) is 4.79 Å². The Kier molecular flexibility index (Phi) is 4.39. The molecule has 1 aliphatic carbocycles. The quantitative estimate of drug-likeness (QED) is 0.734. The van der Waals surface area contributed by atoms with Gasteiger partial charge >= 0.3 is 12.0 Å². The van der Waals surface area contributed by atoms with Gasteiger partial charge in [-0.05, 0) is 19.8 Å². The lowest BCUT2D eigenvalue weighted by Gasteiger charge is -2.27. The van der Waals surface area contributed by atoms with Gasteiger partial charge in [-0.15, -0.1) is 0 Å². The van der Waals surface area contributed by atoms with E-state index in [2.05, 4.69) is 5.32 Å². The highest BCUT2D eigenvalue weighted by Crippen LogP contribution is 2.23. The minimum absolute atomic E-state index is 0.104. The molecule has 1 fully saturated rings. The van der Waals surface area contributed by atoms with Crippen LogP contribution in [0.25, 0.3) is 0 Å². The monoisotopic (exact) mass is 214 g/mol. The third-order valence-electron chi connectivity index (χ3n) is 2.66. The summed E-state index contributed by atoms with van der Waals surface area (Å²) < 4.78 is 0. The first-order valence-electron chi connectivity index (χ1n) is 5.41. The minimum atomic E-state index is -0.951. The fourth-order valence-corrected chi connectivity index (χ4v) is 1.98. The molecule has 0 aliphatic heterocycles. The van der Waals surface area contributed by atoms with Crippen molar-refractivity contribution in [3.63, 3.8) is 0 Å². The molecule has 0 heterocycles. The molecule has 1 saturated carbocycles. The van der Waals surface area contributed by atoms with E-state index >= 15 is 0 Å². The second kappa shape index (κ2) is 5.58. The summed E-state index contributed by atoms with van der Waals surface area (Å²) in [5, 5.41) is 11.4. The van der Waals surface area contributed by atoms with E-state index in [0.29, 0.717) is 6.54 Å². The van der Waals surface area contributed by atoms with Crippen molar-refractivity contribution in [1.29, 1.82) is 0 Å². The van der Waals surface area contributed by atoms with Crippen molar-refractivity contribution < 1.29 is 14.7 Å². The van der Waals surface area contributed by atoms with Gasteiger partial charge in [0.05, 0.1) is 0 Å². The number of aliphatic carboxylic acids is 1. The van der Waals surface area contributed by atoms with E-state index < -0.39 is 5.97 Å². The molecule has 0 spiro atoms. The Balaban J connectivity index is 2.58. The van der Waals surface area contributed by atoms with Gasteiger partial charge in [-0.2, -0.15) is 0 Å². The van der Waals surface area contributed by atoms with Crippen LogP contribution in [0, 0.1) is 0 Å². The van der Waals surface area contributed by atoms with Crippen LogP contribution in [0.4, 0.5) is 4.79 Å². The van der Waals surface area contributed by atoms with Crippen molar-refractivity contribution >= 4 is 12.0 Å². The lowest BCUT2D eigenvalue weighted by atomic mass is 10.2. The lowest BCUT2D eigenvalue weighted by Crippen LogP contribution is -2.47. The van der Waals surface area contributed by atoms with E-state index in [9.17, 15) is 9.59 Å². The van der Waals surface area contributed by atoms with Crippen LogP contribution in [0.3, 0.4) is 0 Å². The fourth-order valence-electron chi connectivity index (χ4n) is 1.98. The number of amides is 2. The number of rotatable bonds is 4. The van der Waals surface area contributed by atoms with E-state index in [-0.39, 0.29) is 18.6 Å². The molecule has 0 radical (unpaired) electrons. The Morgan fingerprint density at radius 2 is 2.00 bits per heavy atom. The number of carbonyl (C=O) groups is 2. The normalized spacial score (nSPS) is 16.3. The van der Waals surface area contributed by atoms with Gasteiger partial charge in [0.25, 0.3) is 0 Å². The second-order valence-corrected chi connectivity index (χ2v) is 3.80. The largest absolute Gasteiger partial charge is 0.480 e. The number of carbonyl (C=O) groups excluding carboxylic acids is 1. The zero-order chi connectivity index (χ0) is 11.3. The average Bonchev–Trinajstić information content (AvgIpc) is 2.66. The summed E-state index contributed by atoms with van der Waals surface area (Å²) in [6.07, 6.45) is 4.01. The molecule has 0 aromatic heterocycles. The van der Waals surface area contributed by atoms with Gasteiger partial charge < -0.3 is 15.3 Å². The van der Waals surface area contributed by atoms with Crippen molar-refractivity contribution in [2.45, 2.75) is 38.6 Å². The van der Waals surface area contributed by atoms with Gasteiger partial charge in [0.15, 0.2) is 0 Å². The summed E-state index contributed by atoms with van der Waals surface area (Å²) in [5.74, 6) is -0.951. The Hall–Kier alpha value is -1.26. The molecule has 5 nitrogen and oxygen atoms in total. The minimum Gasteiger partial charge on any atom is -0.480 e. The number of nitrogens with zero attached hydrogens (tertiary/aromatic N) is 1. The molecule has 2 N–H and O–H groups in total. The molecule has 0 saturated heterocycles. The van der Waals surface area contributed by atoms with E-state index in [1.54, 1.807) is 0 Å². The fraction of sp³-hybridized carbons (Fsp3) is 0.800. The summed E-state index contributed by atoms with van der Waals surface area (Å²) >= 11 is 0. The first-order valence-corrected chi connectivity index (χ1v) is 5.41. The van der Waals surface area contributed by atoms with E-state index in [1.807, 2.05) is 6.92 Å². The zero-order valence-electron chi connectivity index (χ0n) is 9.03. The zero-order valence-corrected chi connectivity index (χ0v) is 9.03. The van der Waals surface area contributed by atoms with Crippen LogP contribution in [0.2, 0.25) is 0 Å². The van der Waals surface area contributed by atoms with Crippen molar-refractivity contribution in [2.24, 2.45) is 0 Å². The maximum absolute atomic E-state index is 11.6. The average molecular weight is 214 g/mol. The van der Waals surface area contributed by atoms with Crippen LogP contribution in [0.5, 0.6) is 0 Å². The highest BCUT2D eigenvalue weighted by Gasteiger charge is 2.27. The van der Waals surface area contributed by atoms with E-state index in [0.717, 1.165) is 25.7 Å². The Morgan fingerprint density at radius 3 is 2.47 bits per heavy atom. The smallest absolute Gasteiger partial charge is 0.323 e. The summed E-state index contributed by atoms with van der Waals surface area (Å²) in [4.78, 5) is 23.7. The Morgan fingerprint density at radius 1 is 1.40 bits per heavy atom. The van der Waals surface area contributed by atoms with Crippen molar-refractivity contribution in [1.82, 2.24) is 10.2 Å². The van der Waals surface area contributed by atoms with Crippen LogP contribution in [-0.2, 0) is 4.79 Å². The number of hydrogen-bond donors (Lipinski definition) is 2. The molecular formula is C10H18N2O3. The van der Waals surface area contributed by atoms with Crippen LogP contribution >= 0.6 is 0 Å². The first kappa shape index (κ1) is 11.8. The third-order valence-corrected chi connectivity index (χ3v) is 2.66. The highest BCUT2D eigenvalue weighted by atomic mass is 16.4. The number of carboxylic acids is 1. The van der Waals surface area contributed by atoms with Crippen LogP contribution in [-0.4, -0.2) is 41.1 Å². The number of nitrogens with one attached hydrogen (secondary N) is 1. The predicted molar refractivity (Wildman–Crippen MR) is 55.7 cm³/mol. The molecule has 86 valence electrons. The van der Waals surface area contributed by atoms with Gasteiger partial charge in [0, 0.05) is 12.6 Å². The molecule has 0 unspecified atom stereocenters. The Labute approximate surface area is 89.4 Å². The highest BCUT2D eigenvalue weighted by molar-refractivity contribution is 5.80. The van der Waals surface area contributed by atoms with Crippen LogP contribution in [0.1, 0.15) is 32.6 Å². The third kappa shape index (κ3) is 3.42. The topological polar surface area (TPSA) is 69.6 Å². The molecule has 5 heteroatoms. The molecule has 0 atom stereocenters. The molecule has 2 amide bonds. The standard InChI is InChI=1S/C10H18N2O3/c1-2-11-10(15)12(7-9(13)14)8-5-3-4-6-8/h8H,2-7H2,1H3,(H,11,15)(H,13,14). The molecule has 0 bridgehead atoms. The van der Waals surface area contributed by atoms with Gasteiger partial charge in [0.1, 0.15) is 6.54 Å². The van der Waals surface area contributed by atoms with E-state index in [1.165, 1.54) is 4.90 Å². The van der Waals surface area contributed by atoms with Crippen LogP contribution < -0.4 is 5.32 Å². The van der Waals surface area contributed by atoms with Crippen molar-refractivity contribution in [2.75, 3.05) is 13.1 Å². The maximum atomic E-state index is 11.6. The molecule has 1 rings (SSSR count). The lowest BCUT2D eigenvalue weighted by molar-refractivity contribution is -0.138. The number of urea groups is 1. The summed E-state index contributed by atoms with van der Waals surface area (Å²) in [6.45, 7) is 2.16.